The fourth-order valence-electron chi connectivity index (χ4n) is 4.34. The number of ether oxygens (including phenoxy) is 1. The van der Waals surface area contributed by atoms with Crippen molar-refractivity contribution in [2.45, 2.75) is 61.4 Å². The van der Waals surface area contributed by atoms with Crippen LogP contribution in [0.3, 0.4) is 0 Å². The van der Waals surface area contributed by atoms with Gasteiger partial charge >= 0.3 is 0 Å². The van der Waals surface area contributed by atoms with Gasteiger partial charge in [0, 0.05) is 48.1 Å². The zero-order chi connectivity index (χ0) is 17.6. The molecule has 0 aromatic rings. The molecule has 2 heterocycles. The van der Waals surface area contributed by atoms with E-state index in [9.17, 15) is 0 Å². The van der Waals surface area contributed by atoms with Crippen molar-refractivity contribution in [2.24, 2.45) is 4.99 Å². The first-order chi connectivity index (χ1) is 12.2. The first kappa shape index (κ1) is 19.7. The minimum Gasteiger partial charge on any atom is -0.381 e. The third kappa shape index (κ3) is 5.01. The van der Waals surface area contributed by atoms with Gasteiger partial charge in [0.2, 0.25) is 0 Å². The highest BCUT2D eigenvalue weighted by molar-refractivity contribution is 8.00. The van der Waals surface area contributed by atoms with Crippen LogP contribution in [0.15, 0.2) is 4.99 Å². The van der Waals surface area contributed by atoms with Crippen LogP contribution in [-0.2, 0) is 4.74 Å². The molecular weight excluding hydrogens is 350 g/mol. The van der Waals surface area contributed by atoms with E-state index in [2.05, 4.69) is 35.2 Å². The van der Waals surface area contributed by atoms with E-state index in [0.717, 1.165) is 51.6 Å². The van der Waals surface area contributed by atoms with E-state index in [0.29, 0.717) is 4.75 Å². The molecule has 1 spiro atoms. The van der Waals surface area contributed by atoms with E-state index in [4.69, 9.17) is 9.73 Å². The van der Waals surface area contributed by atoms with Crippen LogP contribution in [0.2, 0.25) is 0 Å². The summed E-state index contributed by atoms with van der Waals surface area (Å²) in [5.74, 6) is 2.39. The molecule has 0 unspecified atom stereocenters. The molecule has 25 heavy (non-hydrogen) atoms. The van der Waals surface area contributed by atoms with Crippen molar-refractivity contribution < 1.29 is 4.74 Å². The highest BCUT2D eigenvalue weighted by atomic mass is 32.2. The van der Waals surface area contributed by atoms with Crippen LogP contribution < -0.4 is 5.32 Å². The van der Waals surface area contributed by atoms with Gasteiger partial charge in [-0.3, -0.25) is 4.99 Å². The van der Waals surface area contributed by atoms with Gasteiger partial charge < -0.3 is 15.0 Å². The average molecular weight is 386 g/mol. The minimum atomic E-state index is 0.270. The highest BCUT2D eigenvalue weighted by Gasteiger charge is 2.38. The molecule has 0 radical (unpaired) electrons. The van der Waals surface area contributed by atoms with Gasteiger partial charge in [-0.05, 0) is 38.9 Å². The van der Waals surface area contributed by atoms with Gasteiger partial charge in [-0.15, -0.1) is 0 Å². The summed E-state index contributed by atoms with van der Waals surface area (Å²) < 4.78 is 6.34. The Hall–Kier alpha value is -0.0700. The van der Waals surface area contributed by atoms with Crippen molar-refractivity contribution in [2.75, 3.05) is 51.4 Å². The lowest BCUT2D eigenvalue weighted by Crippen LogP contribution is -2.53. The minimum absolute atomic E-state index is 0.270. The monoisotopic (exact) mass is 385 g/mol. The fraction of sp³-hybridized carbons (Fsp3) is 0.947. The first-order valence-corrected chi connectivity index (χ1v) is 12.2. The Bertz CT molecular complexity index is 440. The maximum atomic E-state index is 5.58. The summed E-state index contributed by atoms with van der Waals surface area (Å²) in [6.45, 7) is 8.13. The number of rotatable bonds is 4. The smallest absolute Gasteiger partial charge is 0.194 e. The van der Waals surface area contributed by atoms with Gasteiger partial charge in [0.15, 0.2) is 5.96 Å². The topological polar surface area (TPSA) is 36.9 Å². The number of hydrogen-bond acceptors (Lipinski definition) is 4. The molecule has 0 aromatic carbocycles. The molecule has 3 fully saturated rings. The highest BCUT2D eigenvalue weighted by Crippen LogP contribution is 2.42. The maximum Gasteiger partial charge on any atom is 0.194 e. The number of thioether (sulfide) groups is 2. The Kier molecular flexibility index (Phi) is 7.26. The Morgan fingerprint density at radius 3 is 2.64 bits per heavy atom. The Labute approximate surface area is 162 Å². The number of aliphatic imine (C=N–C) groups is 1. The molecule has 2 aliphatic heterocycles. The van der Waals surface area contributed by atoms with Gasteiger partial charge in [-0.25, -0.2) is 0 Å². The summed E-state index contributed by atoms with van der Waals surface area (Å²) in [7, 11) is 0. The number of nitrogens with one attached hydrogen (secondary N) is 1. The largest absolute Gasteiger partial charge is 0.381 e. The average Bonchev–Trinajstić information content (AvgIpc) is 2.66. The Morgan fingerprint density at radius 2 is 1.96 bits per heavy atom. The molecule has 1 N–H and O–H groups in total. The number of hydrogen-bond donors (Lipinski definition) is 1. The van der Waals surface area contributed by atoms with E-state index in [1.54, 1.807) is 0 Å². The Morgan fingerprint density at radius 1 is 1.20 bits per heavy atom. The summed E-state index contributed by atoms with van der Waals surface area (Å²) >= 11 is 4.21. The predicted octanol–water partition coefficient (Wildman–Crippen LogP) is 3.62. The molecule has 0 bridgehead atoms. The molecule has 4 nitrogen and oxygen atoms in total. The van der Waals surface area contributed by atoms with Crippen molar-refractivity contribution in [3.05, 3.63) is 0 Å². The molecule has 0 atom stereocenters. The molecule has 0 amide bonds. The van der Waals surface area contributed by atoms with Gasteiger partial charge in [0.1, 0.15) is 0 Å². The van der Waals surface area contributed by atoms with Crippen LogP contribution in [0.25, 0.3) is 0 Å². The zero-order valence-electron chi connectivity index (χ0n) is 16.0. The lowest BCUT2D eigenvalue weighted by atomic mass is 9.87. The molecular formula is C19H35N3OS2. The lowest BCUT2D eigenvalue weighted by Gasteiger charge is -2.45. The molecule has 0 aromatic heterocycles. The zero-order valence-corrected chi connectivity index (χ0v) is 17.7. The predicted molar refractivity (Wildman–Crippen MR) is 112 cm³/mol. The van der Waals surface area contributed by atoms with Crippen molar-refractivity contribution in [3.8, 4) is 0 Å². The summed E-state index contributed by atoms with van der Waals surface area (Å²) in [6, 6.07) is 0. The second kappa shape index (κ2) is 9.23. The fourth-order valence-corrected chi connectivity index (χ4v) is 6.68. The third-order valence-corrected chi connectivity index (χ3v) is 8.94. The molecule has 3 aliphatic rings. The van der Waals surface area contributed by atoms with E-state index >= 15 is 0 Å². The van der Waals surface area contributed by atoms with Crippen molar-refractivity contribution in [3.63, 3.8) is 0 Å². The lowest BCUT2D eigenvalue weighted by molar-refractivity contribution is 0.0793. The summed E-state index contributed by atoms with van der Waals surface area (Å²) in [4.78, 5) is 7.68. The van der Waals surface area contributed by atoms with Crippen LogP contribution in [0.1, 0.15) is 51.9 Å². The third-order valence-electron chi connectivity index (χ3n) is 6.00. The molecule has 6 heteroatoms. The molecule has 2 saturated heterocycles. The molecule has 1 aliphatic carbocycles. The van der Waals surface area contributed by atoms with E-state index in [-0.39, 0.29) is 4.75 Å². The Balaban J connectivity index is 1.68. The first-order valence-electron chi connectivity index (χ1n) is 10.0. The van der Waals surface area contributed by atoms with Crippen LogP contribution in [0.4, 0.5) is 0 Å². The second-order valence-electron chi connectivity index (χ2n) is 7.68. The van der Waals surface area contributed by atoms with Gasteiger partial charge in [-0.2, -0.15) is 23.5 Å². The van der Waals surface area contributed by atoms with Crippen LogP contribution >= 0.6 is 23.5 Å². The normalized spacial score (nSPS) is 26.6. The number of nitrogens with zero attached hydrogens (tertiary/aromatic N) is 2. The van der Waals surface area contributed by atoms with Gasteiger partial charge in [0.25, 0.3) is 0 Å². The summed E-state index contributed by atoms with van der Waals surface area (Å²) in [6.07, 6.45) is 11.5. The van der Waals surface area contributed by atoms with Gasteiger partial charge in [-0.1, -0.05) is 19.3 Å². The van der Waals surface area contributed by atoms with E-state index < -0.39 is 0 Å². The van der Waals surface area contributed by atoms with Crippen molar-refractivity contribution >= 4 is 29.5 Å². The summed E-state index contributed by atoms with van der Waals surface area (Å²) in [5.41, 5.74) is 0. The SMILES string of the molecule is CCNC(=NCC1(SC)CCOCC1)N1CCSC2(CCCCC2)C1. The van der Waals surface area contributed by atoms with Crippen LogP contribution in [0.5, 0.6) is 0 Å². The number of guanidine groups is 1. The molecule has 1 saturated carbocycles. The molecule has 3 rings (SSSR count). The quantitative estimate of drug-likeness (QED) is 0.591. The standard InChI is InChI=1S/C19H35N3OS2/c1-3-20-17(21-15-18(24-2)9-12-23-13-10-18)22-11-14-25-19(16-22)7-5-4-6-8-19/h3-16H2,1-2H3,(H,20,21). The van der Waals surface area contributed by atoms with Gasteiger partial charge in [0.05, 0.1) is 6.54 Å². The summed E-state index contributed by atoms with van der Waals surface area (Å²) in [5, 5.41) is 3.58. The van der Waals surface area contributed by atoms with E-state index in [1.165, 1.54) is 44.4 Å². The van der Waals surface area contributed by atoms with Crippen molar-refractivity contribution in [1.29, 1.82) is 0 Å². The van der Waals surface area contributed by atoms with Crippen LogP contribution in [0, 0.1) is 0 Å². The van der Waals surface area contributed by atoms with Crippen molar-refractivity contribution in [1.82, 2.24) is 10.2 Å². The van der Waals surface area contributed by atoms with E-state index in [1.807, 2.05) is 11.8 Å². The van der Waals surface area contributed by atoms with Crippen LogP contribution in [-0.4, -0.2) is 71.8 Å². The maximum absolute atomic E-state index is 5.58. The molecule has 144 valence electrons. The second-order valence-corrected chi connectivity index (χ2v) is 10.5.